The van der Waals surface area contributed by atoms with E-state index in [-0.39, 0.29) is 22.8 Å². The molecule has 0 radical (unpaired) electrons. The van der Waals surface area contributed by atoms with E-state index in [0.29, 0.717) is 33.2 Å². The number of hydrogen-bond donors (Lipinski definition) is 1. The van der Waals surface area contributed by atoms with E-state index in [1.54, 1.807) is 85.8 Å². The molecule has 1 aliphatic rings. The molecule has 0 aliphatic carbocycles. The largest absolute Gasteiger partial charge is 0.467 e. The lowest BCUT2D eigenvalue weighted by Crippen LogP contribution is -2.48. The molecule has 1 aliphatic heterocycles. The van der Waals surface area contributed by atoms with E-state index in [9.17, 15) is 18.0 Å². The maximum Gasteiger partial charge on any atom is 0.328 e. The lowest BCUT2D eigenvalue weighted by molar-refractivity contribution is -0.145. The maximum absolute atomic E-state index is 14.7. The van der Waals surface area contributed by atoms with Crippen LogP contribution in [-0.2, 0) is 24.3 Å². The minimum Gasteiger partial charge on any atom is -0.467 e. The first kappa shape index (κ1) is 31.8. The van der Waals surface area contributed by atoms with Gasteiger partial charge in [-0.25, -0.2) is 13.2 Å². The van der Waals surface area contributed by atoms with Crippen molar-refractivity contribution in [1.82, 2.24) is 9.62 Å². The fourth-order valence-electron chi connectivity index (χ4n) is 5.29. The van der Waals surface area contributed by atoms with Crippen LogP contribution < -0.4 is 5.32 Å². The number of nitrogens with zero attached hydrogens (tertiary/aromatic N) is 1. The summed E-state index contributed by atoms with van der Waals surface area (Å²) in [6.45, 7) is 5.60. The van der Waals surface area contributed by atoms with Gasteiger partial charge >= 0.3 is 5.97 Å². The average Bonchev–Trinajstić information content (AvgIpc) is 2.96. The Morgan fingerprint density at radius 3 is 2.29 bits per heavy atom. The van der Waals surface area contributed by atoms with E-state index in [2.05, 4.69) is 5.32 Å². The third-order valence-corrected chi connectivity index (χ3v) is 9.77. The zero-order chi connectivity index (χ0) is 30.6. The number of carbonyl (C=O) groups excluding carboxylic acids is 2. The van der Waals surface area contributed by atoms with E-state index < -0.39 is 40.0 Å². The minimum absolute atomic E-state index is 0.0886. The van der Waals surface area contributed by atoms with E-state index >= 15 is 0 Å². The number of amides is 1. The Labute approximate surface area is 257 Å². The van der Waals surface area contributed by atoms with Crippen molar-refractivity contribution in [2.24, 2.45) is 5.92 Å². The van der Waals surface area contributed by atoms with Crippen LogP contribution >= 0.6 is 23.2 Å². The van der Waals surface area contributed by atoms with Gasteiger partial charge in [-0.15, -0.1) is 0 Å². The third-order valence-electron chi connectivity index (χ3n) is 7.25. The molecule has 42 heavy (non-hydrogen) atoms. The molecule has 1 heterocycles. The van der Waals surface area contributed by atoms with E-state index in [0.717, 1.165) is 0 Å². The van der Waals surface area contributed by atoms with Gasteiger partial charge in [0.05, 0.1) is 24.1 Å². The second-order valence-electron chi connectivity index (χ2n) is 10.7. The molecular formula is C32H34Cl2N2O5S. The number of halogens is 2. The second kappa shape index (κ2) is 13.4. The van der Waals surface area contributed by atoms with Gasteiger partial charge in [0.25, 0.3) is 0 Å². The molecule has 0 fully saturated rings. The molecule has 7 nitrogen and oxygen atoms in total. The number of hydrogen-bond acceptors (Lipinski definition) is 5. The summed E-state index contributed by atoms with van der Waals surface area (Å²) in [5.74, 6) is -1.04. The zero-order valence-corrected chi connectivity index (χ0v) is 26.2. The highest BCUT2D eigenvalue weighted by molar-refractivity contribution is 7.89. The number of carbonyl (C=O) groups is 2. The van der Waals surface area contributed by atoms with Crippen molar-refractivity contribution in [2.45, 2.75) is 56.6 Å². The molecule has 10 heteroatoms. The number of benzene rings is 3. The van der Waals surface area contributed by atoms with Gasteiger partial charge in [0.15, 0.2) is 0 Å². The van der Waals surface area contributed by atoms with Crippen molar-refractivity contribution in [2.75, 3.05) is 7.11 Å². The number of esters is 1. The summed E-state index contributed by atoms with van der Waals surface area (Å²) in [6.07, 6.45) is 2.31. The number of sulfonamides is 1. The Hall–Kier alpha value is -3.17. The van der Waals surface area contributed by atoms with Gasteiger partial charge in [-0.05, 0) is 72.7 Å². The van der Waals surface area contributed by atoms with Crippen LogP contribution in [0.4, 0.5) is 0 Å². The Balaban J connectivity index is 1.93. The third kappa shape index (κ3) is 6.89. The van der Waals surface area contributed by atoms with Crippen LogP contribution in [0.1, 0.15) is 55.5 Å². The molecule has 0 saturated carbocycles. The van der Waals surface area contributed by atoms with Crippen LogP contribution in [0.5, 0.6) is 0 Å². The van der Waals surface area contributed by atoms with Crippen molar-refractivity contribution in [3.63, 3.8) is 0 Å². The van der Waals surface area contributed by atoms with Crippen molar-refractivity contribution < 1.29 is 22.7 Å². The SMILES string of the molecule is COC(=O)[C@H](CC(C)C)NC(=O)C1=CCC(c2ccc(Cl)cc2)N(S(=O)(=O)c2ccccc2C)[C@H]1c1cccc(Cl)c1. The van der Waals surface area contributed by atoms with Crippen molar-refractivity contribution >= 4 is 45.1 Å². The number of ether oxygens (including phenoxy) is 1. The molecule has 3 aromatic rings. The topological polar surface area (TPSA) is 92.8 Å². The van der Waals surface area contributed by atoms with E-state index in [1.165, 1.54) is 11.4 Å². The first-order valence-corrected chi connectivity index (χ1v) is 15.8. The normalized spacial score (nSPS) is 18.3. The summed E-state index contributed by atoms with van der Waals surface area (Å²) < 4.78 is 35.6. The van der Waals surface area contributed by atoms with Crippen LogP contribution in [0.2, 0.25) is 10.0 Å². The van der Waals surface area contributed by atoms with Gasteiger partial charge in [0.1, 0.15) is 6.04 Å². The standard InChI is InChI=1S/C32H34Cl2N2O5S/c1-20(2)18-27(32(38)41-4)35-31(37)26-16-17-28(22-12-14-24(33)15-13-22)36(30(26)23-9-7-10-25(34)19-23)42(39,40)29-11-6-5-8-21(29)3/h5-16,19-20,27-28,30H,17-18H2,1-4H3,(H,35,37)/t27-,28?,30-/m0/s1. The molecule has 0 saturated heterocycles. The highest BCUT2D eigenvalue weighted by atomic mass is 35.5. The minimum atomic E-state index is -4.20. The van der Waals surface area contributed by atoms with Gasteiger partial charge in [0, 0.05) is 15.6 Å². The lowest BCUT2D eigenvalue weighted by atomic mass is 9.88. The van der Waals surface area contributed by atoms with Crippen LogP contribution in [0, 0.1) is 12.8 Å². The van der Waals surface area contributed by atoms with Crippen molar-refractivity contribution in [3.8, 4) is 0 Å². The Kier molecular flexibility index (Phi) is 10.1. The summed E-state index contributed by atoms with van der Waals surface area (Å²) in [6, 6.07) is 17.9. The highest BCUT2D eigenvalue weighted by Gasteiger charge is 2.45. The van der Waals surface area contributed by atoms with Gasteiger partial charge < -0.3 is 10.1 Å². The quantitative estimate of drug-likeness (QED) is 0.263. The molecule has 1 amide bonds. The van der Waals surface area contributed by atoms with Crippen LogP contribution in [0.25, 0.3) is 0 Å². The van der Waals surface area contributed by atoms with Crippen LogP contribution in [0.15, 0.2) is 89.3 Å². The van der Waals surface area contributed by atoms with Crippen molar-refractivity contribution in [3.05, 3.63) is 111 Å². The molecule has 222 valence electrons. The summed E-state index contributed by atoms with van der Waals surface area (Å²) in [5.41, 5.74) is 1.99. The second-order valence-corrected chi connectivity index (χ2v) is 13.4. The molecule has 4 rings (SSSR count). The Bertz CT molecular complexity index is 1590. The summed E-state index contributed by atoms with van der Waals surface area (Å²) >= 11 is 12.6. The molecule has 0 spiro atoms. The molecule has 1 N–H and O–H groups in total. The molecule has 0 bridgehead atoms. The van der Waals surface area contributed by atoms with Crippen LogP contribution in [-0.4, -0.2) is 37.8 Å². The van der Waals surface area contributed by atoms with E-state index in [4.69, 9.17) is 27.9 Å². The van der Waals surface area contributed by atoms with Crippen LogP contribution in [0.3, 0.4) is 0 Å². The molecule has 1 unspecified atom stereocenters. The number of rotatable bonds is 9. The number of methoxy groups -OCH3 is 1. The van der Waals surface area contributed by atoms with Gasteiger partial charge in [-0.3, -0.25) is 4.79 Å². The fourth-order valence-corrected chi connectivity index (χ4v) is 7.63. The Morgan fingerprint density at radius 2 is 1.67 bits per heavy atom. The summed E-state index contributed by atoms with van der Waals surface area (Å²) in [7, 11) is -2.93. The maximum atomic E-state index is 14.7. The first-order valence-electron chi connectivity index (χ1n) is 13.6. The molecule has 3 atom stereocenters. The molecular weight excluding hydrogens is 595 g/mol. The monoisotopic (exact) mass is 628 g/mol. The average molecular weight is 630 g/mol. The van der Waals surface area contributed by atoms with E-state index in [1.807, 2.05) is 13.8 Å². The molecule has 0 aromatic heterocycles. The predicted molar refractivity (Wildman–Crippen MR) is 165 cm³/mol. The molecule has 3 aromatic carbocycles. The van der Waals surface area contributed by atoms with Crippen molar-refractivity contribution in [1.29, 1.82) is 0 Å². The summed E-state index contributed by atoms with van der Waals surface area (Å²) in [5, 5.41) is 3.72. The summed E-state index contributed by atoms with van der Waals surface area (Å²) in [4.78, 5) is 26.7. The predicted octanol–water partition coefficient (Wildman–Crippen LogP) is 6.81. The zero-order valence-electron chi connectivity index (χ0n) is 23.9. The highest BCUT2D eigenvalue weighted by Crippen LogP contribution is 2.46. The number of aryl methyl sites for hydroxylation is 1. The Morgan fingerprint density at radius 1 is 0.976 bits per heavy atom. The lowest BCUT2D eigenvalue weighted by Gasteiger charge is -2.41. The van der Waals surface area contributed by atoms with Gasteiger partial charge in [0.2, 0.25) is 15.9 Å². The number of nitrogens with one attached hydrogen (secondary N) is 1. The van der Waals surface area contributed by atoms with Gasteiger partial charge in [-0.2, -0.15) is 4.31 Å². The first-order chi connectivity index (χ1) is 19.9. The fraction of sp³-hybridized carbons (Fsp3) is 0.312. The van der Waals surface area contributed by atoms with Gasteiger partial charge in [-0.1, -0.05) is 85.6 Å². The smallest absolute Gasteiger partial charge is 0.328 e.